The normalized spacial score (nSPS) is 11.0. The second-order valence-electron chi connectivity index (χ2n) is 5.32. The Kier molecular flexibility index (Phi) is 8.45. The lowest BCUT2D eigenvalue weighted by atomic mass is 10.3. The molecular formula is C15H29N5S. The van der Waals surface area contributed by atoms with E-state index in [9.17, 15) is 0 Å². The molecule has 1 rings (SSSR count). The minimum atomic E-state index is 0.831. The molecule has 0 spiro atoms. The Bertz CT molecular complexity index is 411. The Hall–Kier alpha value is -1.01. The van der Waals surface area contributed by atoms with E-state index in [0.29, 0.717) is 0 Å². The van der Waals surface area contributed by atoms with E-state index in [1.165, 1.54) is 0 Å². The molecule has 0 fully saturated rings. The molecule has 0 atom stereocenters. The maximum atomic E-state index is 4.68. The monoisotopic (exact) mass is 311 g/mol. The molecule has 1 heterocycles. The van der Waals surface area contributed by atoms with Gasteiger partial charge in [0.15, 0.2) is 5.16 Å². The van der Waals surface area contributed by atoms with Crippen molar-refractivity contribution in [2.75, 3.05) is 56.7 Å². The predicted octanol–water partition coefficient (Wildman–Crippen LogP) is 2.80. The smallest absolute Gasteiger partial charge is 0.191 e. The summed E-state index contributed by atoms with van der Waals surface area (Å²) < 4.78 is 0. The molecule has 0 aliphatic carbocycles. The van der Waals surface area contributed by atoms with Crippen molar-refractivity contribution in [3.05, 3.63) is 6.07 Å². The number of hydrogen-bond donors (Lipinski definition) is 1. The van der Waals surface area contributed by atoms with Crippen molar-refractivity contribution in [2.24, 2.45) is 0 Å². The summed E-state index contributed by atoms with van der Waals surface area (Å²) in [6.45, 7) is 8.33. The minimum Gasteiger partial charge on any atom is -0.370 e. The van der Waals surface area contributed by atoms with Gasteiger partial charge >= 0.3 is 0 Å². The predicted molar refractivity (Wildman–Crippen MR) is 93.7 cm³/mol. The van der Waals surface area contributed by atoms with Crippen molar-refractivity contribution in [1.82, 2.24) is 14.9 Å². The zero-order valence-corrected chi connectivity index (χ0v) is 14.8. The average Bonchev–Trinajstić information content (AvgIpc) is 2.48. The molecule has 0 radical (unpaired) electrons. The number of anilines is 2. The first-order chi connectivity index (χ1) is 10.1. The van der Waals surface area contributed by atoms with E-state index in [0.717, 1.165) is 55.8 Å². The Morgan fingerprint density at radius 3 is 2.43 bits per heavy atom. The molecule has 120 valence electrons. The Morgan fingerprint density at radius 2 is 1.86 bits per heavy atom. The van der Waals surface area contributed by atoms with Gasteiger partial charge in [0.25, 0.3) is 0 Å². The van der Waals surface area contributed by atoms with Crippen molar-refractivity contribution in [3.8, 4) is 0 Å². The van der Waals surface area contributed by atoms with Gasteiger partial charge in [0.05, 0.1) is 0 Å². The highest BCUT2D eigenvalue weighted by molar-refractivity contribution is 7.98. The molecule has 0 aromatic carbocycles. The fourth-order valence-electron chi connectivity index (χ4n) is 1.94. The molecule has 0 saturated carbocycles. The standard InChI is InChI=1S/C15H29N5S/c1-6-8-16-13-12-14(18-15(17-13)21-5)20(9-7-2)11-10-19(3)4/h12H,6-11H2,1-5H3,(H,16,17,18). The molecule has 1 N–H and O–H groups in total. The number of nitrogens with zero attached hydrogens (tertiary/aromatic N) is 4. The summed E-state index contributed by atoms with van der Waals surface area (Å²) in [4.78, 5) is 13.8. The van der Waals surface area contributed by atoms with Crippen LogP contribution in [0, 0.1) is 0 Å². The summed E-state index contributed by atoms with van der Waals surface area (Å²) in [5, 5.41) is 4.20. The van der Waals surface area contributed by atoms with Crippen molar-refractivity contribution in [3.63, 3.8) is 0 Å². The molecular weight excluding hydrogens is 282 g/mol. The molecule has 6 heteroatoms. The molecule has 21 heavy (non-hydrogen) atoms. The van der Waals surface area contributed by atoms with Crippen LogP contribution in [0.25, 0.3) is 0 Å². The Morgan fingerprint density at radius 1 is 1.10 bits per heavy atom. The van der Waals surface area contributed by atoms with Crippen molar-refractivity contribution < 1.29 is 0 Å². The van der Waals surface area contributed by atoms with E-state index >= 15 is 0 Å². The quantitative estimate of drug-likeness (QED) is 0.529. The highest BCUT2D eigenvalue weighted by Crippen LogP contribution is 2.20. The zero-order valence-electron chi connectivity index (χ0n) is 14.0. The largest absolute Gasteiger partial charge is 0.370 e. The summed E-state index contributed by atoms with van der Waals surface area (Å²) in [6.07, 6.45) is 4.23. The Balaban J connectivity index is 2.93. The lowest BCUT2D eigenvalue weighted by Crippen LogP contribution is -2.33. The van der Waals surface area contributed by atoms with Crippen molar-refractivity contribution in [2.45, 2.75) is 31.8 Å². The molecule has 0 unspecified atom stereocenters. The summed E-state index contributed by atoms with van der Waals surface area (Å²) in [7, 11) is 4.21. The third kappa shape index (κ3) is 6.52. The fourth-order valence-corrected chi connectivity index (χ4v) is 2.32. The molecule has 0 aliphatic rings. The second kappa shape index (κ2) is 9.84. The third-order valence-electron chi connectivity index (χ3n) is 3.07. The average molecular weight is 311 g/mol. The van der Waals surface area contributed by atoms with Crippen LogP contribution >= 0.6 is 11.8 Å². The van der Waals surface area contributed by atoms with E-state index in [2.05, 4.69) is 59.1 Å². The van der Waals surface area contributed by atoms with Gasteiger partial charge in [-0.3, -0.25) is 0 Å². The molecule has 0 amide bonds. The van der Waals surface area contributed by atoms with Crippen LogP contribution in [0.5, 0.6) is 0 Å². The number of aromatic nitrogens is 2. The van der Waals surface area contributed by atoms with Gasteiger partial charge in [0, 0.05) is 32.2 Å². The molecule has 0 aliphatic heterocycles. The van der Waals surface area contributed by atoms with E-state index in [1.54, 1.807) is 11.8 Å². The lowest BCUT2D eigenvalue weighted by Gasteiger charge is -2.25. The van der Waals surface area contributed by atoms with Gasteiger partial charge in [-0.1, -0.05) is 25.6 Å². The third-order valence-corrected chi connectivity index (χ3v) is 3.61. The Labute approximate surface area is 133 Å². The van der Waals surface area contributed by atoms with Crippen LogP contribution in [0.4, 0.5) is 11.6 Å². The highest BCUT2D eigenvalue weighted by atomic mass is 32.2. The van der Waals surface area contributed by atoms with Gasteiger partial charge in [0.1, 0.15) is 11.6 Å². The van der Waals surface area contributed by atoms with Crippen molar-refractivity contribution >= 4 is 23.4 Å². The minimum absolute atomic E-state index is 0.831. The van der Waals surface area contributed by atoms with E-state index in [-0.39, 0.29) is 0 Å². The number of rotatable bonds is 10. The lowest BCUT2D eigenvalue weighted by molar-refractivity contribution is 0.412. The molecule has 5 nitrogen and oxygen atoms in total. The summed E-state index contributed by atoms with van der Waals surface area (Å²) in [5.74, 6) is 1.95. The van der Waals surface area contributed by atoms with Gasteiger partial charge in [-0.2, -0.15) is 0 Å². The molecule has 0 bridgehead atoms. The molecule has 1 aromatic heterocycles. The fraction of sp³-hybridized carbons (Fsp3) is 0.733. The van der Waals surface area contributed by atoms with Crippen molar-refractivity contribution in [1.29, 1.82) is 0 Å². The highest BCUT2D eigenvalue weighted by Gasteiger charge is 2.11. The molecule has 0 saturated heterocycles. The van der Waals surface area contributed by atoms with Gasteiger partial charge < -0.3 is 15.1 Å². The van der Waals surface area contributed by atoms with E-state index < -0.39 is 0 Å². The number of nitrogens with one attached hydrogen (secondary N) is 1. The van der Waals surface area contributed by atoms with Crippen LogP contribution in [0.1, 0.15) is 26.7 Å². The SMILES string of the molecule is CCCNc1cc(N(CCC)CCN(C)C)nc(SC)n1. The van der Waals surface area contributed by atoms with Crippen LogP contribution in [0.2, 0.25) is 0 Å². The first-order valence-corrected chi connectivity index (χ1v) is 8.89. The maximum Gasteiger partial charge on any atom is 0.191 e. The summed E-state index contributed by atoms with van der Waals surface area (Å²) in [5.41, 5.74) is 0. The van der Waals surface area contributed by atoms with Crippen LogP contribution in [-0.2, 0) is 0 Å². The topological polar surface area (TPSA) is 44.3 Å². The van der Waals surface area contributed by atoms with Gasteiger partial charge in [-0.05, 0) is 33.2 Å². The van der Waals surface area contributed by atoms with Gasteiger partial charge in [-0.15, -0.1) is 0 Å². The second-order valence-corrected chi connectivity index (χ2v) is 6.09. The maximum absolute atomic E-state index is 4.68. The van der Waals surface area contributed by atoms with Crippen LogP contribution in [-0.4, -0.2) is 61.4 Å². The first-order valence-electron chi connectivity index (χ1n) is 7.67. The zero-order chi connectivity index (χ0) is 15.7. The van der Waals surface area contributed by atoms with E-state index in [1.807, 2.05) is 6.26 Å². The van der Waals surface area contributed by atoms with Gasteiger partial charge in [-0.25, -0.2) is 9.97 Å². The number of thioether (sulfide) groups is 1. The summed E-state index contributed by atoms with van der Waals surface area (Å²) in [6, 6.07) is 2.07. The molecule has 1 aromatic rings. The van der Waals surface area contributed by atoms with Gasteiger partial charge in [0.2, 0.25) is 0 Å². The van der Waals surface area contributed by atoms with Crippen LogP contribution < -0.4 is 10.2 Å². The number of hydrogen-bond acceptors (Lipinski definition) is 6. The number of likely N-dealkylation sites (N-methyl/N-ethyl adjacent to an activating group) is 1. The first kappa shape index (κ1) is 18.0. The van der Waals surface area contributed by atoms with Crippen LogP contribution in [0.15, 0.2) is 11.2 Å². The van der Waals surface area contributed by atoms with E-state index in [4.69, 9.17) is 0 Å². The summed E-state index contributed by atoms with van der Waals surface area (Å²) >= 11 is 1.59. The van der Waals surface area contributed by atoms with Crippen LogP contribution in [0.3, 0.4) is 0 Å².